The van der Waals surface area contributed by atoms with Crippen LogP contribution in [-0.2, 0) is 6.42 Å². The molecule has 0 aliphatic carbocycles. The quantitative estimate of drug-likeness (QED) is 0.526. The molecule has 0 aliphatic rings. The largest absolute Gasteiger partial charge is 0.493 e. The third-order valence-electron chi connectivity index (χ3n) is 4.10. The van der Waals surface area contributed by atoms with Crippen LogP contribution in [0.25, 0.3) is 0 Å². The van der Waals surface area contributed by atoms with Gasteiger partial charge in [-0.25, -0.2) is 0 Å². The van der Waals surface area contributed by atoms with Crippen LogP contribution in [-0.4, -0.2) is 52.3 Å². The molecule has 7 nitrogen and oxygen atoms in total. The second-order valence-corrected chi connectivity index (χ2v) is 6.09. The van der Waals surface area contributed by atoms with Crippen LogP contribution in [0.1, 0.15) is 17.4 Å². The van der Waals surface area contributed by atoms with Crippen molar-refractivity contribution >= 4 is 5.96 Å². The van der Waals surface area contributed by atoms with Gasteiger partial charge in [0.1, 0.15) is 5.76 Å². The highest BCUT2D eigenvalue weighted by atomic mass is 16.5. The lowest BCUT2D eigenvalue weighted by Crippen LogP contribution is -2.34. The Morgan fingerprint density at radius 3 is 2.62 bits per heavy atom. The van der Waals surface area contributed by atoms with Gasteiger partial charge < -0.3 is 24.9 Å². The molecule has 1 unspecified atom stereocenters. The number of rotatable bonds is 9. The number of benzene rings is 1. The van der Waals surface area contributed by atoms with Gasteiger partial charge in [0, 0.05) is 6.54 Å². The van der Waals surface area contributed by atoms with Crippen LogP contribution in [0.4, 0.5) is 0 Å². The molecule has 0 radical (unpaired) electrons. The second kappa shape index (κ2) is 9.72. The minimum atomic E-state index is 0.0520. The first-order valence-electron chi connectivity index (χ1n) is 8.49. The number of nitrogens with two attached hydrogens (primary N) is 1. The molecule has 0 saturated carbocycles. The van der Waals surface area contributed by atoms with Crippen molar-refractivity contribution in [3.05, 3.63) is 47.9 Å². The first-order valence-corrected chi connectivity index (χ1v) is 8.49. The zero-order valence-corrected chi connectivity index (χ0v) is 15.9. The van der Waals surface area contributed by atoms with Crippen LogP contribution < -0.4 is 20.5 Å². The van der Waals surface area contributed by atoms with Crippen LogP contribution >= 0.6 is 0 Å². The molecular formula is C19H28N4O3. The fourth-order valence-corrected chi connectivity index (χ4v) is 2.60. The van der Waals surface area contributed by atoms with E-state index in [1.165, 1.54) is 0 Å². The number of nitrogens with zero attached hydrogens (tertiary/aromatic N) is 2. The number of ether oxygens (including phenoxy) is 2. The summed E-state index contributed by atoms with van der Waals surface area (Å²) in [5, 5.41) is 3.14. The van der Waals surface area contributed by atoms with E-state index in [0.29, 0.717) is 19.0 Å². The van der Waals surface area contributed by atoms with Crippen molar-refractivity contribution in [2.75, 3.05) is 41.4 Å². The smallest absolute Gasteiger partial charge is 0.188 e. The Bertz CT molecular complexity index is 699. The van der Waals surface area contributed by atoms with Crippen molar-refractivity contribution in [1.82, 2.24) is 10.2 Å². The van der Waals surface area contributed by atoms with E-state index in [4.69, 9.17) is 19.6 Å². The lowest BCUT2D eigenvalue weighted by atomic mass is 10.1. The van der Waals surface area contributed by atoms with Gasteiger partial charge in [-0.3, -0.25) is 9.89 Å². The summed E-state index contributed by atoms with van der Waals surface area (Å²) in [5.41, 5.74) is 7.12. The SMILES string of the molecule is COc1ccc(CCNC(N)=NCC(c2ccco2)N(C)C)cc1OC. The fourth-order valence-electron chi connectivity index (χ4n) is 2.60. The Morgan fingerprint density at radius 1 is 1.23 bits per heavy atom. The summed E-state index contributed by atoms with van der Waals surface area (Å²) in [6, 6.07) is 9.75. The predicted molar refractivity (Wildman–Crippen MR) is 103 cm³/mol. The number of methoxy groups -OCH3 is 2. The number of nitrogens with one attached hydrogen (secondary N) is 1. The van der Waals surface area contributed by atoms with Gasteiger partial charge in [-0.15, -0.1) is 0 Å². The molecule has 0 spiro atoms. The van der Waals surface area contributed by atoms with E-state index in [9.17, 15) is 0 Å². The maximum Gasteiger partial charge on any atom is 0.188 e. The van der Waals surface area contributed by atoms with Crippen LogP contribution in [0.2, 0.25) is 0 Å². The van der Waals surface area contributed by atoms with Crippen LogP contribution in [0.3, 0.4) is 0 Å². The van der Waals surface area contributed by atoms with Gasteiger partial charge in [0.05, 0.1) is 33.1 Å². The Kier molecular flexibility index (Phi) is 7.35. The molecule has 1 aromatic carbocycles. The van der Waals surface area contributed by atoms with Crippen LogP contribution in [0, 0.1) is 0 Å². The highest BCUT2D eigenvalue weighted by molar-refractivity contribution is 5.77. The predicted octanol–water partition coefficient (Wildman–Crippen LogP) is 2.05. The van der Waals surface area contributed by atoms with E-state index >= 15 is 0 Å². The topological polar surface area (TPSA) is 85.2 Å². The van der Waals surface area contributed by atoms with Gasteiger partial charge in [0.2, 0.25) is 0 Å². The molecule has 1 atom stereocenters. The zero-order valence-electron chi connectivity index (χ0n) is 15.9. The van der Waals surface area contributed by atoms with Crippen molar-refractivity contribution in [3.63, 3.8) is 0 Å². The number of guanidine groups is 1. The van der Waals surface area contributed by atoms with Gasteiger partial charge in [-0.1, -0.05) is 6.07 Å². The molecule has 0 amide bonds. The molecule has 1 heterocycles. The summed E-state index contributed by atoms with van der Waals surface area (Å²) in [6.45, 7) is 1.20. The average molecular weight is 360 g/mol. The van der Waals surface area contributed by atoms with Crippen molar-refractivity contribution in [2.24, 2.45) is 10.7 Å². The third-order valence-corrected chi connectivity index (χ3v) is 4.10. The third kappa shape index (κ3) is 5.42. The highest BCUT2D eigenvalue weighted by Crippen LogP contribution is 2.27. The maximum atomic E-state index is 5.99. The summed E-state index contributed by atoms with van der Waals surface area (Å²) in [5.74, 6) is 2.73. The Balaban J connectivity index is 1.86. The molecule has 2 rings (SSSR count). The molecule has 0 aliphatic heterocycles. The van der Waals surface area contributed by atoms with E-state index in [-0.39, 0.29) is 6.04 Å². The molecule has 7 heteroatoms. The number of furan rings is 1. The lowest BCUT2D eigenvalue weighted by molar-refractivity contribution is 0.265. The zero-order chi connectivity index (χ0) is 18.9. The van der Waals surface area contributed by atoms with Crippen molar-refractivity contribution in [3.8, 4) is 11.5 Å². The van der Waals surface area contributed by atoms with E-state index in [1.807, 2.05) is 44.4 Å². The Labute approximate surface area is 154 Å². The number of hydrogen-bond donors (Lipinski definition) is 2. The van der Waals surface area contributed by atoms with Crippen LogP contribution in [0.15, 0.2) is 46.0 Å². The molecular weight excluding hydrogens is 332 g/mol. The van der Waals surface area contributed by atoms with E-state index < -0.39 is 0 Å². The first-order chi connectivity index (χ1) is 12.5. The van der Waals surface area contributed by atoms with Crippen molar-refractivity contribution < 1.29 is 13.9 Å². The lowest BCUT2D eigenvalue weighted by Gasteiger charge is -2.20. The summed E-state index contributed by atoms with van der Waals surface area (Å²) in [6.07, 6.45) is 2.46. The van der Waals surface area contributed by atoms with E-state index in [0.717, 1.165) is 29.2 Å². The number of hydrogen-bond acceptors (Lipinski definition) is 5. The average Bonchev–Trinajstić information content (AvgIpc) is 3.15. The molecule has 0 bridgehead atoms. The van der Waals surface area contributed by atoms with Gasteiger partial charge in [0.15, 0.2) is 17.5 Å². The molecule has 1 aromatic heterocycles. The number of likely N-dealkylation sites (N-methyl/N-ethyl adjacent to an activating group) is 1. The second-order valence-electron chi connectivity index (χ2n) is 6.09. The monoisotopic (exact) mass is 360 g/mol. The van der Waals surface area contributed by atoms with Crippen molar-refractivity contribution in [1.29, 1.82) is 0 Å². The Hall–Kier alpha value is -2.67. The fraction of sp³-hybridized carbons (Fsp3) is 0.421. The summed E-state index contributed by atoms with van der Waals surface area (Å²) < 4.78 is 16.0. The number of aliphatic imine (C=N–C) groups is 1. The maximum absolute atomic E-state index is 5.99. The molecule has 0 fully saturated rings. The molecule has 26 heavy (non-hydrogen) atoms. The normalized spacial score (nSPS) is 12.9. The van der Waals surface area contributed by atoms with E-state index in [1.54, 1.807) is 20.5 Å². The standard InChI is InChI=1S/C19H28N4O3/c1-23(2)15(16-6-5-11-26-16)13-22-19(20)21-10-9-14-7-8-17(24-3)18(12-14)25-4/h5-8,11-12,15H,9-10,13H2,1-4H3,(H3,20,21,22). The Morgan fingerprint density at radius 2 is 2.00 bits per heavy atom. The molecule has 0 saturated heterocycles. The molecule has 3 N–H and O–H groups in total. The molecule has 2 aromatic rings. The first kappa shape index (κ1) is 19.7. The van der Waals surface area contributed by atoms with Gasteiger partial charge in [-0.05, 0) is 50.3 Å². The summed E-state index contributed by atoms with van der Waals surface area (Å²) in [7, 11) is 7.23. The van der Waals surface area contributed by atoms with Gasteiger partial charge in [0.25, 0.3) is 0 Å². The van der Waals surface area contributed by atoms with Crippen molar-refractivity contribution in [2.45, 2.75) is 12.5 Å². The van der Waals surface area contributed by atoms with E-state index in [2.05, 4.69) is 15.2 Å². The van der Waals surface area contributed by atoms with Gasteiger partial charge >= 0.3 is 0 Å². The van der Waals surface area contributed by atoms with Crippen LogP contribution in [0.5, 0.6) is 11.5 Å². The molecule has 142 valence electrons. The summed E-state index contributed by atoms with van der Waals surface area (Å²) >= 11 is 0. The minimum absolute atomic E-state index is 0.0520. The highest BCUT2D eigenvalue weighted by Gasteiger charge is 2.16. The minimum Gasteiger partial charge on any atom is -0.493 e. The van der Waals surface area contributed by atoms with Gasteiger partial charge in [-0.2, -0.15) is 0 Å². The summed E-state index contributed by atoms with van der Waals surface area (Å²) in [4.78, 5) is 6.49.